The van der Waals surface area contributed by atoms with Crippen LogP contribution in [0.5, 0.6) is 0 Å². The number of carboxylic acids is 1. The van der Waals surface area contributed by atoms with Crippen molar-refractivity contribution >= 4 is 16.0 Å². The van der Waals surface area contributed by atoms with E-state index in [1.165, 1.54) is 0 Å². The lowest BCUT2D eigenvalue weighted by molar-refractivity contribution is -0.137. The van der Waals surface area contributed by atoms with Crippen molar-refractivity contribution in [1.82, 2.24) is 4.72 Å². The van der Waals surface area contributed by atoms with Crippen LogP contribution in [0.1, 0.15) is 45.1 Å². The smallest absolute Gasteiger partial charge is 0.303 e. The molecule has 0 aliphatic heterocycles. The Bertz CT molecular complexity index is 568. The van der Waals surface area contributed by atoms with E-state index >= 15 is 0 Å². The number of rotatable bonds is 11. The number of aliphatic carboxylic acids is 1. The normalized spacial score (nSPS) is 13.2. The highest BCUT2D eigenvalue weighted by atomic mass is 32.2. The molecule has 1 rings (SSSR count). The van der Waals surface area contributed by atoms with E-state index in [-0.39, 0.29) is 24.5 Å². The van der Waals surface area contributed by atoms with Crippen molar-refractivity contribution in [1.29, 1.82) is 0 Å². The molecule has 0 spiro atoms. The monoisotopic (exact) mass is 341 g/mol. The van der Waals surface area contributed by atoms with Gasteiger partial charge in [0.2, 0.25) is 10.0 Å². The van der Waals surface area contributed by atoms with E-state index in [4.69, 9.17) is 5.11 Å². The third-order valence-electron chi connectivity index (χ3n) is 3.99. The maximum atomic E-state index is 12.3. The second-order valence-electron chi connectivity index (χ2n) is 5.90. The molecule has 1 unspecified atom stereocenters. The number of carboxylic acid groups (broad SMARTS) is 1. The molecule has 0 aromatic heterocycles. The lowest BCUT2D eigenvalue weighted by Crippen LogP contribution is -2.39. The Morgan fingerprint density at radius 3 is 2.30 bits per heavy atom. The van der Waals surface area contributed by atoms with Crippen LogP contribution in [0.3, 0.4) is 0 Å². The van der Waals surface area contributed by atoms with Crippen LogP contribution in [0, 0.1) is 5.92 Å². The third-order valence-corrected chi connectivity index (χ3v) is 5.59. The topological polar surface area (TPSA) is 83.5 Å². The molecule has 0 bridgehead atoms. The number of sulfonamides is 1. The van der Waals surface area contributed by atoms with Crippen molar-refractivity contribution in [2.45, 2.75) is 52.0 Å². The van der Waals surface area contributed by atoms with Gasteiger partial charge in [-0.2, -0.15) is 0 Å². The van der Waals surface area contributed by atoms with Crippen molar-refractivity contribution in [3.63, 3.8) is 0 Å². The lowest BCUT2D eigenvalue weighted by Gasteiger charge is -2.20. The van der Waals surface area contributed by atoms with Crippen LogP contribution in [0.4, 0.5) is 0 Å². The lowest BCUT2D eigenvalue weighted by atomic mass is 10.0. The van der Waals surface area contributed by atoms with Crippen LogP contribution in [-0.2, 0) is 21.2 Å². The summed E-state index contributed by atoms with van der Waals surface area (Å²) < 4.78 is 27.4. The number of hydrogen-bond donors (Lipinski definition) is 2. The average molecular weight is 341 g/mol. The summed E-state index contributed by atoms with van der Waals surface area (Å²) in [6.07, 6.45) is 2.36. The van der Waals surface area contributed by atoms with Gasteiger partial charge in [0.15, 0.2) is 0 Å². The molecule has 1 atom stereocenters. The predicted octanol–water partition coefficient (Wildman–Crippen LogP) is 2.82. The first-order valence-electron chi connectivity index (χ1n) is 8.12. The zero-order valence-electron chi connectivity index (χ0n) is 13.9. The molecular weight excluding hydrogens is 314 g/mol. The molecule has 0 radical (unpaired) electrons. The van der Waals surface area contributed by atoms with Gasteiger partial charge in [-0.05, 0) is 24.3 Å². The van der Waals surface area contributed by atoms with E-state index in [0.29, 0.717) is 6.42 Å². The highest BCUT2D eigenvalue weighted by Crippen LogP contribution is 2.13. The first kappa shape index (κ1) is 19.6. The summed E-state index contributed by atoms with van der Waals surface area (Å²) in [6.45, 7) is 3.96. The van der Waals surface area contributed by atoms with Gasteiger partial charge in [0, 0.05) is 12.5 Å². The molecule has 1 aromatic carbocycles. The van der Waals surface area contributed by atoms with Crippen molar-refractivity contribution in [3.8, 4) is 0 Å². The number of benzene rings is 1. The van der Waals surface area contributed by atoms with Gasteiger partial charge in [0.1, 0.15) is 0 Å². The van der Waals surface area contributed by atoms with Gasteiger partial charge in [-0.1, -0.05) is 57.0 Å². The molecule has 23 heavy (non-hydrogen) atoms. The van der Waals surface area contributed by atoms with Crippen LogP contribution >= 0.6 is 0 Å². The molecule has 0 saturated heterocycles. The Morgan fingerprint density at radius 1 is 1.17 bits per heavy atom. The highest BCUT2D eigenvalue weighted by molar-refractivity contribution is 7.89. The van der Waals surface area contributed by atoms with Gasteiger partial charge >= 0.3 is 5.97 Å². The Hall–Kier alpha value is -1.40. The summed E-state index contributed by atoms with van der Waals surface area (Å²) in [6, 6.07) is 9.12. The molecule has 1 aromatic rings. The van der Waals surface area contributed by atoms with Gasteiger partial charge in [-0.25, -0.2) is 13.1 Å². The summed E-state index contributed by atoms with van der Waals surface area (Å²) in [5.41, 5.74) is 0.994. The number of nitrogens with one attached hydrogen (secondary N) is 1. The molecule has 130 valence electrons. The average Bonchev–Trinajstić information content (AvgIpc) is 2.51. The maximum Gasteiger partial charge on any atom is 0.303 e. The van der Waals surface area contributed by atoms with Crippen LogP contribution in [0.2, 0.25) is 0 Å². The highest BCUT2D eigenvalue weighted by Gasteiger charge is 2.22. The molecule has 0 saturated carbocycles. The Morgan fingerprint density at radius 2 is 1.78 bits per heavy atom. The van der Waals surface area contributed by atoms with E-state index in [0.717, 1.165) is 18.4 Å². The second-order valence-corrected chi connectivity index (χ2v) is 7.70. The van der Waals surface area contributed by atoms with Gasteiger partial charge in [0.25, 0.3) is 0 Å². The van der Waals surface area contributed by atoms with E-state index in [9.17, 15) is 13.2 Å². The number of carbonyl (C=O) groups is 1. The maximum absolute atomic E-state index is 12.3. The Kier molecular flexibility index (Phi) is 8.26. The van der Waals surface area contributed by atoms with Crippen LogP contribution in [0.15, 0.2) is 30.3 Å². The summed E-state index contributed by atoms with van der Waals surface area (Å²) in [4.78, 5) is 10.8. The van der Waals surface area contributed by atoms with Crippen LogP contribution in [0.25, 0.3) is 0 Å². The van der Waals surface area contributed by atoms with Gasteiger partial charge in [0.05, 0.1) is 5.75 Å². The third kappa shape index (κ3) is 8.13. The van der Waals surface area contributed by atoms with Crippen molar-refractivity contribution in [3.05, 3.63) is 35.9 Å². The zero-order valence-corrected chi connectivity index (χ0v) is 14.7. The van der Waals surface area contributed by atoms with E-state index < -0.39 is 22.0 Å². The SMILES string of the molecule is CCC(CC)CS(=O)(=O)NC(CCC(=O)O)Cc1ccccc1. The minimum Gasteiger partial charge on any atom is -0.481 e. The fourth-order valence-electron chi connectivity index (χ4n) is 2.54. The molecular formula is C17H27NO4S. The van der Waals surface area contributed by atoms with E-state index in [1.54, 1.807) is 0 Å². The molecule has 0 aliphatic carbocycles. The predicted molar refractivity (Wildman–Crippen MR) is 91.8 cm³/mol. The first-order valence-corrected chi connectivity index (χ1v) is 9.77. The fourth-order valence-corrected chi connectivity index (χ4v) is 4.43. The molecule has 0 aliphatic rings. The van der Waals surface area contributed by atoms with Gasteiger partial charge in [-0.15, -0.1) is 0 Å². The standard InChI is InChI=1S/C17H27NO4S/c1-3-14(4-2)13-23(21,22)18-16(10-11-17(19)20)12-15-8-6-5-7-9-15/h5-9,14,16,18H,3-4,10-13H2,1-2H3,(H,19,20). The zero-order chi connectivity index (χ0) is 17.3. The number of hydrogen-bond acceptors (Lipinski definition) is 3. The minimum atomic E-state index is -3.42. The summed E-state index contributed by atoms with van der Waals surface area (Å²) in [7, 11) is -3.42. The molecule has 0 amide bonds. The first-order chi connectivity index (χ1) is 10.9. The Labute approximate surface area is 139 Å². The van der Waals surface area contributed by atoms with E-state index in [1.807, 2.05) is 44.2 Å². The van der Waals surface area contributed by atoms with Gasteiger partial charge in [-0.3, -0.25) is 4.79 Å². The second kappa shape index (κ2) is 9.67. The minimum absolute atomic E-state index is 0.0506. The van der Waals surface area contributed by atoms with Crippen LogP contribution in [-0.4, -0.2) is 31.3 Å². The molecule has 6 heteroatoms. The van der Waals surface area contributed by atoms with Crippen molar-refractivity contribution < 1.29 is 18.3 Å². The summed E-state index contributed by atoms with van der Waals surface area (Å²) in [5.74, 6) is -0.690. The van der Waals surface area contributed by atoms with Crippen molar-refractivity contribution in [2.24, 2.45) is 5.92 Å². The van der Waals surface area contributed by atoms with Gasteiger partial charge < -0.3 is 5.11 Å². The quantitative estimate of drug-likeness (QED) is 0.648. The molecule has 0 fully saturated rings. The summed E-state index contributed by atoms with van der Waals surface area (Å²) >= 11 is 0. The molecule has 0 heterocycles. The van der Waals surface area contributed by atoms with E-state index in [2.05, 4.69) is 4.72 Å². The van der Waals surface area contributed by atoms with Crippen LogP contribution < -0.4 is 4.72 Å². The fraction of sp³-hybridized carbons (Fsp3) is 0.588. The largest absolute Gasteiger partial charge is 0.481 e. The van der Waals surface area contributed by atoms with Crippen molar-refractivity contribution in [2.75, 3.05) is 5.75 Å². The summed E-state index contributed by atoms with van der Waals surface area (Å²) in [5, 5.41) is 8.87. The molecule has 5 nitrogen and oxygen atoms in total. The Balaban J connectivity index is 2.76. The molecule has 2 N–H and O–H groups in total.